The number of amides is 1. The summed E-state index contributed by atoms with van der Waals surface area (Å²) >= 11 is 1.14. The van der Waals surface area contributed by atoms with Crippen molar-refractivity contribution < 1.29 is 13.2 Å². The quantitative estimate of drug-likeness (QED) is 0.892. The summed E-state index contributed by atoms with van der Waals surface area (Å²) in [5, 5.41) is 4.31. The van der Waals surface area contributed by atoms with E-state index in [0.29, 0.717) is 24.5 Å². The van der Waals surface area contributed by atoms with Crippen LogP contribution in [0.3, 0.4) is 0 Å². The zero-order valence-corrected chi connectivity index (χ0v) is 14.1. The molecule has 1 N–H and O–H groups in total. The van der Waals surface area contributed by atoms with Gasteiger partial charge in [-0.25, -0.2) is 8.42 Å². The molecule has 0 unspecified atom stereocenters. The Morgan fingerprint density at radius 1 is 1.35 bits per heavy atom. The van der Waals surface area contributed by atoms with Crippen LogP contribution in [0, 0.1) is 0 Å². The van der Waals surface area contributed by atoms with Gasteiger partial charge in [-0.3, -0.25) is 9.78 Å². The van der Waals surface area contributed by atoms with Crippen LogP contribution in [-0.4, -0.2) is 36.7 Å². The van der Waals surface area contributed by atoms with E-state index in [9.17, 15) is 13.2 Å². The van der Waals surface area contributed by atoms with E-state index in [4.69, 9.17) is 0 Å². The average molecular weight is 351 g/mol. The lowest BCUT2D eigenvalue weighted by Gasteiger charge is -2.13. The molecule has 8 heteroatoms. The second kappa shape index (κ2) is 6.77. The third kappa shape index (κ3) is 3.60. The van der Waals surface area contributed by atoms with Crippen LogP contribution in [0.15, 0.2) is 40.9 Å². The molecule has 1 fully saturated rings. The van der Waals surface area contributed by atoms with Crippen LogP contribution < -0.4 is 5.32 Å². The molecule has 3 heterocycles. The number of nitrogens with one attached hydrogen (secondary N) is 1. The minimum Gasteiger partial charge on any atom is -0.347 e. The molecule has 23 heavy (non-hydrogen) atoms. The molecule has 0 aliphatic carbocycles. The Balaban J connectivity index is 1.67. The summed E-state index contributed by atoms with van der Waals surface area (Å²) in [6, 6.07) is 5.12. The average Bonchev–Trinajstić information content (AvgIpc) is 3.25. The van der Waals surface area contributed by atoms with Gasteiger partial charge in [-0.2, -0.15) is 4.31 Å². The molecule has 1 saturated heterocycles. The standard InChI is InChI=1S/C15H17N3O3S2/c19-15(17-10-12-4-3-5-16-9-12)14-8-13(11-22-14)23(20,21)18-6-1-2-7-18/h3-5,8-9,11H,1-2,6-7,10H2,(H,17,19). The minimum atomic E-state index is -3.46. The molecule has 3 rings (SSSR count). The molecule has 1 aliphatic rings. The predicted octanol–water partition coefficient (Wildman–Crippen LogP) is 1.86. The van der Waals surface area contributed by atoms with E-state index in [1.165, 1.54) is 15.8 Å². The lowest BCUT2D eigenvalue weighted by molar-refractivity contribution is 0.0955. The van der Waals surface area contributed by atoms with Gasteiger partial charge in [0.1, 0.15) is 0 Å². The van der Waals surface area contributed by atoms with Crippen LogP contribution in [0.2, 0.25) is 0 Å². The fourth-order valence-corrected chi connectivity index (χ4v) is 5.12. The summed E-state index contributed by atoms with van der Waals surface area (Å²) < 4.78 is 26.4. The van der Waals surface area contributed by atoms with E-state index in [1.807, 2.05) is 6.07 Å². The van der Waals surface area contributed by atoms with E-state index in [2.05, 4.69) is 10.3 Å². The van der Waals surface area contributed by atoms with Crippen molar-refractivity contribution in [2.75, 3.05) is 13.1 Å². The highest BCUT2D eigenvalue weighted by atomic mass is 32.2. The highest BCUT2D eigenvalue weighted by Gasteiger charge is 2.28. The summed E-state index contributed by atoms with van der Waals surface area (Å²) in [5.74, 6) is -0.276. The van der Waals surface area contributed by atoms with Gasteiger partial charge in [0.15, 0.2) is 0 Å². The first-order valence-electron chi connectivity index (χ1n) is 7.33. The first kappa shape index (κ1) is 16.1. The second-order valence-electron chi connectivity index (χ2n) is 5.30. The molecule has 0 spiro atoms. The van der Waals surface area contributed by atoms with E-state index >= 15 is 0 Å². The lowest BCUT2D eigenvalue weighted by Crippen LogP contribution is -2.27. The first-order chi connectivity index (χ1) is 11.1. The number of pyridine rings is 1. The van der Waals surface area contributed by atoms with Crippen molar-refractivity contribution in [3.05, 3.63) is 46.4 Å². The summed E-state index contributed by atoms with van der Waals surface area (Å²) in [4.78, 5) is 16.7. The zero-order chi connectivity index (χ0) is 16.3. The van der Waals surface area contributed by atoms with Crippen molar-refractivity contribution in [3.63, 3.8) is 0 Å². The number of hydrogen-bond acceptors (Lipinski definition) is 5. The number of aromatic nitrogens is 1. The van der Waals surface area contributed by atoms with Gasteiger partial charge in [0.2, 0.25) is 10.0 Å². The summed E-state index contributed by atoms with van der Waals surface area (Å²) in [6.45, 7) is 1.47. The van der Waals surface area contributed by atoms with Crippen LogP contribution in [-0.2, 0) is 16.6 Å². The normalized spacial score (nSPS) is 15.7. The molecule has 0 saturated carbocycles. The summed E-state index contributed by atoms with van der Waals surface area (Å²) in [5.41, 5.74) is 0.891. The van der Waals surface area contributed by atoms with Gasteiger partial charge in [-0.1, -0.05) is 6.07 Å². The topological polar surface area (TPSA) is 79.4 Å². The Bertz CT molecular complexity index is 781. The largest absolute Gasteiger partial charge is 0.347 e. The zero-order valence-electron chi connectivity index (χ0n) is 12.4. The summed E-state index contributed by atoms with van der Waals surface area (Å²) in [6.07, 6.45) is 5.13. The molecule has 6 nitrogen and oxygen atoms in total. The van der Waals surface area contributed by atoms with Crippen LogP contribution in [0.4, 0.5) is 0 Å². The van der Waals surface area contributed by atoms with Crippen molar-refractivity contribution in [1.29, 1.82) is 0 Å². The maximum absolute atomic E-state index is 12.4. The molecule has 122 valence electrons. The number of hydrogen-bond donors (Lipinski definition) is 1. The Labute approximate surface area is 139 Å². The third-order valence-corrected chi connectivity index (χ3v) is 6.63. The third-order valence-electron chi connectivity index (χ3n) is 3.68. The van der Waals surface area contributed by atoms with Crippen molar-refractivity contribution in [1.82, 2.24) is 14.6 Å². The fraction of sp³-hybridized carbons (Fsp3) is 0.333. The molecule has 0 radical (unpaired) electrons. The van der Waals surface area contributed by atoms with Gasteiger partial charge < -0.3 is 5.32 Å². The smallest absolute Gasteiger partial charge is 0.261 e. The monoisotopic (exact) mass is 351 g/mol. The number of carbonyl (C=O) groups excluding carboxylic acids is 1. The SMILES string of the molecule is O=C(NCc1cccnc1)c1cc(S(=O)(=O)N2CCCC2)cs1. The van der Waals surface area contributed by atoms with Gasteiger partial charge in [0, 0.05) is 37.4 Å². The van der Waals surface area contributed by atoms with Crippen molar-refractivity contribution in [3.8, 4) is 0 Å². The van der Waals surface area contributed by atoms with Gasteiger partial charge in [0.05, 0.1) is 9.77 Å². The van der Waals surface area contributed by atoms with Crippen LogP contribution >= 0.6 is 11.3 Å². The highest BCUT2D eigenvalue weighted by Crippen LogP contribution is 2.25. The number of rotatable bonds is 5. The van der Waals surface area contributed by atoms with E-state index < -0.39 is 10.0 Å². The second-order valence-corrected chi connectivity index (χ2v) is 8.15. The fourth-order valence-electron chi connectivity index (χ4n) is 2.42. The molecule has 0 bridgehead atoms. The van der Waals surface area contributed by atoms with Crippen molar-refractivity contribution in [2.45, 2.75) is 24.3 Å². The minimum absolute atomic E-state index is 0.205. The lowest BCUT2D eigenvalue weighted by atomic mass is 10.3. The van der Waals surface area contributed by atoms with Crippen LogP contribution in [0.5, 0.6) is 0 Å². The van der Waals surface area contributed by atoms with Gasteiger partial charge >= 0.3 is 0 Å². The van der Waals surface area contributed by atoms with Gasteiger partial charge in [-0.05, 0) is 30.5 Å². The Kier molecular flexibility index (Phi) is 4.74. The molecule has 1 aliphatic heterocycles. The van der Waals surface area contributed by atoms with E-state index in [1.54, 1.807) is 18.5 Å². The maximum Gasteiger partial charge on any atom is 0.261 e. The van der Waals surface area contributed by atoms with Gasteiger partial charge in [0.25, 0.3) is 5.91 Å². The molecule has 1 amide bonds. The number of nitrogens with zero attached hydrogens (tertiary/aromatic N) is 2. The molecular weight excluding hydrogens is 334 g/mol. The Morgan fingerprint density at radius 3 is 2.83 bits per heavy atom. The molecule has 0 aromatic carbocycles. The molecule has 2 aromatic heterocycles. The van der Waals surface area contributed by atoms with Crippen molar-refractivity contribution >= 4 is 27.3 Å². The molecular formula is C15H17N3O3S2. The van der Waals surface area contributed by atoms with E-state index in [-0.39, 0.29) is 10.8 Å². The van der Waals surface area contributed by atoms with Gasteiger partial charge in [-0.15, -0.1) is 11.3 Å². The van der Waals surface area contributed by atoms with Crippen LogP contribution in [0.25, 0.3) is 0 Å². The highest BCUT2D eigenvalue weighted by molar-refractivity contribution is 7.89. The molecule has 0 atom stereocenters. The van der Waals surface area contributed by atoms with E-state index in [0.717, 1.165) is 29.7 Å². The first-order valence-corrected chi connectivity index (χ1v) is 9.65. The van der Waals surface area contributed by atoms with Crippen molar-refractivity contribution in [2.24, 2.45) is 0 Å². The Hall–Kier alpha value is -1.77. The predicted molar refractivity (Wildman–Crippen MR) is 87.7 cm³/mol. The number of sulfonamides is 1. The molecule has 2 aromatic rings. The maximum atomic E-state index is 12.4. The van der Waals surface area contributed by atoms with Crippen LogP contribution in [0.1, 0.15) is 28.1 Å². The Morgan fingerprint density at radius 2 is 2.13 bits per heavy atom. The number of carbonyl (C=O) groups is 1. The summed E-state index contributed by atoms with van der Waals surface area (Å²) in [7, 11) is -3.46. The number of thiophene rings is 1.